The number of rotatable bonds is 4. The molecule has 7 heteroatoms. The average molecular weight is 336 g/mol. The molecule has 2 heterocycles. The van der Waals surface area contributed by atoms with Gasteiger partial charge in [-0.25, -0.2) is 0 Å². The summed E-state index contributed by atoms with van der Waals surface area (Å²) in [7, 11) is 0. The highest BCUT2D eigenvalue weighted by Gasteiger charge is 2.44. The van der Waals surface area contributed by atoms with Gasteiger partial charge in [0.2, 0.25) is 12.5 Å². The average Bonchev–Trinajstić information content (AvgIpc) is 3.05. The van der Waals surface area contributed by atoms with Crippen LogP contribution in [0.25, 0.3) is 0 Å². The maximum absolute atomic E-state index is 12.6. The predicted octanol–water partition coefficient (Wildman–Crippen LogP) is 2.14. The summed E-state index contributed by atoms with van der Waals surface area (Å²) in [5.74, 6) is -0.876. The summed E-state index contributed by atoms with van der Waals surface area (Å²) < 4.78 is 0. The molecule has 0 unspecified atom stereocenters. The van der Waals surface area contributed by atoms with Gasteiger partial charge in [0.05, 0.1) is 0 Å². The van der Waals surface area contributed by atoms with Crippen molar-refractivity contribution >= 4 is 23.0 Å². The molecule has 3 atom stereocenters. The topological polar surface area (TPSA) is 80.5 Å². The zero-order valence-electron chi connectivity index (χ0n) is 13.1. The lowest BCUT2D eigenvalue weighted by molar-refractivity contribution is -0.490. The van der Waals surface area contributed by atoms with Gasteiger partial charge in [0.1, 0.15) is 5.78 Å². The third-order valence-electron chi connectivity index (χ3n) is 5.10. The van der Waals surface area contributed by atoms with Crippen molar-refractivity contribution in [3.05, 3.63) is 32.0 Å². The van der Waals surface area contributed by atoms with E-state index < -0.39 is 5.92 Å². The fraction of sp³-hybridized carbons (Fsp3) is 0.625. The van der Waals surface area contributed by atoms with Crippen molar-refractivity contribution in [2.24, 2.45) is 17.8 Å². The molecule has 124 valence electrons. The first-order chi connectivity index (χ1) is 11.0. The lowest BCUT2D eigenvalue weighted by Crippen LogP contribution is -2.38. The fourth-order valence-electron chi connectivity index (χ4n) is 3.78. The lowest BCUT2D eigenvalue weighted by atomic mass is 9.87. The number of carbonyl (C=O) groups is 2. The van der Waals surface area contributed by atoms with Gasteiger partial charge >= 0.3 is 0 Å². The van der Waals surface area contributed by atoms with Crippen molar-refractivity contribution in [2.45, 2.75) is 32.7 Å². The van der Waals surface area contributed by atoms with Crippen molar-refractivity contribution in [1.82, 2.24) is 4.90 Å². The summed E-state index contributed by atoms with van der Waals surface area (Å²) in [6, 6.07) is 2.04. The van der Waals surface area contributed by atoms with Crippen LogP contribution in [0, 0.1) is 27.9 Å². The number of amides is 1. The second-order valence-electron chi connectivity index (χ2n) is 6.57. The van der Waals surface area contributed by atoms with Crippen LogP contribution in [-0.2, 0) is 22.6 Å². The summed E-state index contributed by atoms with van der Waals surface area (Å²) in [5.41, 5.74) is 1.18. The summed E-state index contributed by atoms with van der Waals surface area (Å²) in [5, 5.41) is 12.9. The number of thiophene rings is 1. The molecular formula is C16H20N2O4S. The molecule has 1 aromatic heterocycles. The molecule has 1 saturated carbocycles. The normalized spacial score (nSPS) is 27.1. The van der Waals surface area contributed by atoms with Crippen LogP contribution in [0.3, 0.4) is 0 Å². The van der Waals surface area contributed by atoms with Gasteiger partial charge in [0.15, 0.2) is 0 Å². The van der Waals surface area contributed by atoms with Gasteiger partial charge in [-0.05, 0) is 29.3 Å². The van der Waals surface area contributed by atoms with Crippen LogP contribution in [0.2, 0.25) is 0 Å². The Morgan fingerprint density at radius 1 is 1.52 bits per heavy atom. The second kappa shape index (κ2) is 6.39. The Morgan fingerprint density at radius 2 is 2.30 bits per heavy atom. The first kappa shape index (κ1) is 16.1. The Hall–Kier alpha value is -1.76. The minimum Gasteiger partial charge on any atom is -0.338 e. The van der Waals surface area contributed by atoms with E-state index in [1.807, 2.05) is 18.4 Å². The van der Waals surface area contributed by atoms with Crippen LogP contribution in [0.1, 0.15) is 30.2 Å². The van der Waals surface area contributed by atoms with Crippen molar-refractivity contribution in [2.75, 3.05) is 13.1 Å². The molecule has 1 aromatic rings. The quantitative estimate of drug-likeness (QED) is 0.623. The van der Waals surface area contributed by atoms with Crippen LogP contribution in [-0.4, -0.2) is 34.6 Å². The molecule has 6 nitrogen and oxygen atoms in total. The number of Topliss-reactive ketones (excluding diaryl/α,β-unsaturated/α-hetero) is 1. The molecule has 0 aromatic carbocycles. The predicted molar refractivity (Wildman–Crippen MR) is 85.7 cm³/mol. The maximum atomic E-state index is 12.6. The monoisotopic (exact) mass is 336 g/mol. The summed E-state index contributed by atoms with van der Waals surface area (Å²) >= 11 is 1.71. The number of nitrogens with zero attached hydrogens (tertiary/aromatic N) is 2. The molecule has 1 aliphatic heterocycles. The third kappa shape index (κ3) is 3.29. The van der Waals surface area contributed by atoms with E-state index in [2.05, 4.69) is 0 Å². The van der Waals surface area contributed by atoms with Crippen molar-refractivity contribution < 1.29 is 14.5 Å². The molecule has 0 N–H and O–H groups in total. The molecule has 0 spiro atoms. The van der Waals surface area contributed by atoms with Crippen LogP contribution in [0.4, 0.5) is 0 Å². The van der Waals surface area contributed by atoms with E-state index in [4.69, 9.17) is 0 Å². The number of hydrogen-bond acceptors (Lipinski definition) is 5. The molecular weight excluding hydrogens is 316 g/mol. The van der Waals surface area contributed by atoms with E-state index in [1.54, 1.807) is 16.2 Å². The van der Waals surface area contributed by atoms with Gasteiger partial charge in [-0.1, -0.05) is 6.92 Å². The Labute approximate surface area is 138 Å². The first-order valence-electron chi connectivity index (χ1n) is 7.93. The molecule has 23 heavy (non-hydrogen) atoms. The highest BCUT2D eigenvalue weighted by atomic mass is 32.1. The molecule has 1 fully saturated rings. The standard InChI is InChI=1S/C16H20N2O4S/c1-10-6-14(19)12(13(10)9-18(21)22)7-16(20)17-4-2-15-11(8-17)3-5-23-15/h3,5,10,12-13H,2,4,6-9H2,1H3/t10-,12+,13+/m1/s1. The number of carbonyl (C=O) groups excluding carboxylic acids is 2. The van der Waals surface area contributed by atoms with Crippen LogP contribution in [0.15, 0.2) is 11.4 Å². The number of hydrogen-bond donors (Lipinski definition) is 0. The molecule has 0 saturated heterocycles. The van der Waals surface area contributed by atoms with Crippen LogP contribution >= 0.6 is 11.3 Å². The number of fused-ring (bicyclic) bond motifs is 1. The SMILES string of the molecule is C[C@@H]1CC(=O)[C@@H](CC(=O)N2CCc3sccc3C2)[C@H]1C[N+](=O)[O-]. The molecule has 2 aliphatic rings. The Morgan fingerprint density at radius 3 is 3.04 bits per heavy atom. The first-order valence-corrected chi connectivity index (χ1v) is 8.81. The number of nitro groups is 1. The van der Waals surface area contributed by atoms with Crippen molar-refractivity contribution in [3.8, 4) is 0 Å². The molecule has 0 radical (unpaired) electrons. The zero-order valence-corrected chi connectivity index (χ0v) is 13.9. The highest BCUT2D eigenvalue weighted by molar-refractivity contribution is 7.10. The molecule has 1 amide bonds. The number of ketones is 1. The smallest absolute Gasteiger partial charge is 0.223 e. The van der Waals surface area contributed by atoms with E-state index in [-0.39, 0.29) is 41.4 Å². The van der Waals surface area contributed by atoms with Gasteiger partial charge in [0.25, 0.3) is 0 Å². The molecule has 0 bridgehead atoms. The summed E-state index contributed by atoms with van der Waals surface area (Å²) in [6.07, 6.45) is 1.32. The van der Waals surface area contributed by atoms with Gasteiger partial charge < -0.3 is 4.90 Å². The summed E-state index contributed by atoms with van der Waals surface area (Å²) in [6.45, 7) is 2.91. The highest BCUT2D eigenvalue weighted by Crippen LogP contribution is 2.37. The van der Waals surface area contributed by atoms with Crippen LogP contribution in [0.5, 0.6) is 0 Å². The van der Waals surface area contributed by atoms with E-state index in [9.17, 15) is 19.7 Å². The molecule has 1 aliphatic carbocycles. The Bertz CT molecular complexity index is 642. The third-order valence-corrected chi connectivity index (χ3v) is 6.12. The van der Waals surface area contributed by atoms with E-state index >= 15 is 0 Å². The summed E-state index contributed by atoms with van der Waals surface area (Å²) in [4.78, 5) is 38.3. The Kier molecular flexibility index (Phi) is 4.48. The minimum atomic E-state index is -0.494. The van der Waals surface area contributed by atoms with Crippen molar-refractivity contribution in [1.29, 1.82) is 0 Å². The maximum Gasteiger partial charge on any atom is 0.223 e. The fourth-order valence-corrected chi connectivity index (χ4v) is 4.67. The van der Waals surface area contributed by atoms with Gasteiger partial charge in [-0.15, -0.1) is 11.3 Å². The lowest BCUT2D eigenvalue weighted by Gasteiger charge is -2.28. The van der Waals surface area contributed by atoms with Crippen molar-refractivity contribution in [3.63, 3.8) is 0 Å². The van der Waals surface area contributed by atoms with E-state index in [0.717, 1.165) is 6.42 Å². The largest absolute Gasteiger partial charge is 0.338 e. The van der Waals surface area contributed by atoms with Gasteiger partial charge in [0, 0.05) is 47.6 Å². The van der Waals surface area contributed by atoms with Gasteiger partial charge in [-0.2, -0.15) is 0 Å². The molecule has 3 rings (SSSR count). The zero-order chi connectivity index (χ0) is 16.6. The van der Waals surface area contributed by atoms with E-state index in [0.29, 0.717) is 19.5 Å². The van der Waals surface area contributed by atoms with Gasteiger partial charge in [-0.3, -0.25) is 19.7 Å². The van der Waals surface area contributed by atoms with Crippen LogP contribution < -0.4 is 0 Å². The minimum absolute atomic E-state index is 0.00549. The second-order valence-corrected chi connectivity index (χ2v) is 7.57. The van der Waals surface area contributed by atoms with E-state index in [1.165, 1.54) is 10.4 Å². The Balaban J connectivity index is 1.67.